The van der Waals surface area contributed by atoms with Gasteiger partial charge < -0.3 is 11.1 Å². The molecule has 15 heavy (non-hydrogen) atoms. The summed E-state index contributed by atoms with van der Waals surface area (Å²) in [5, 5.41) is 5.68. The molecule has 0 fully saturated rings. The Morgan fingerprint density at radius 1 is 1.53 bits per heavy atom. The van der Waals surface area contributed by atoms with E-state index >= 15 is 0 Å². The number of rotatable bonds is 6. The first-order valence-electron chi connectivity index (χ1n) is 5.53. The zero-order chi connectivity index (χ0) is 11.3. The fourth-order valence-corrected chi connectivity index (χ4v) is 2.49. The van der Waals surface area contributed by atoms with Crippen molar-refractivity contribution in [3.63, 3.8) is 0 Å². The van der Waals surface area contributed by atoms with Crippen LogP contribution < -0.4 is 11.1 Å². The molecule has 1 unspecified atom stereocenters. The summed E-state index contributed by atoms with van der Waals surface area (Å²) in [7, 11) is 0. The average molecular weight is 226 g/mol. The van der Waals surface area contributed by atoms with E-state index in [1.807, 2.05) is 0 Å². The van der Waals surface area contributed by atoms with Crippen LogP contribution in [0.15, 0.2) is 17.5 Å². The van der Waals surface area contributed by atoms with Crippen molar-refractivity contribution in [1.82, 2.24) is 5.32 Å². The van der Waals surface area contributed by atoms with Crippen LogP contribution in [0.25, 0.3) is 0 Å². The lowest BCUT2D eigenvalue weighted by Gasteiger charge is -2.31. The minimum Gasteiger partial charge on any atom is -0.329 e. The molecule has 1 aromatic heterocycles. The molecule has 0 aromatic carbocycles. The van der Waals surface area contributed by atoms with Crippen molar-refractivity contribution < 1.29 is 0 Å². The number of nitrogens with one attached hydrogen (secondary N) is 1. The minimum atomic E-state index is 0.0676. The molecule has 0 saturated heterocycles. The third kappa shape index (κ3) is 4.33. The SMILES string of the molecule is CC(C)CC(C)(CN)NCc1cccs1. The van der Waals surface area contributed by atoms with Crippen LogP contribution in [0.3, 0.4) is 0 Å². The Bertz CT molecular complexity index is 269. The molecule has 1 atom stereocenters. The molecule has 3 heteroatoms. The van der Waals surface area contributed by atoms with Crippen molar-refractivity contribution in [2.45, 2.75) is 39.3 Å². The molecule has 86 valence electrons. The summed E-state index contributed by atoms with van der Waals surface area (Å²) in [4.78, 5) is 1.37. The van der Waals surface area contributed by atoms with Gasteiger partial charge in [-0.05, 0) is 30.7 Å². The molecule has 0 radical (unpaired) electrons. The fourth-order valence-electron chi connectivity index (χ4n) is 1.84. The molecule has 1 rings (SSSR count). The van der Waals surface area contributed by atoms with Gasteiger partial charge in [0.05, 0.1) is 0 Å². The van der Waals surface area contributed by atoms with Gasteiger partial charge in [-0.2, -0.15) is 0 Å². The molecule has 0 aliphatic carbocycles. The summed E-state index contributed by atoms with van der Waals surface area (Å²) in [6.45, 7) is 8.30. The van der Waals surface area contributed by atoms with E-state index in [1.54, 1.807) is 11.3 Å². The predicted octanol–water partition coefficient (Wildman–Crippen LogP) is 2.60. The van der Waals surface area contributed by atoms with Crippen LogP contribution in [0.4, 0.5) is 0 Å². The van der Waals surface area contributed by atoms with E-state index in [4.69, 9.17) is 5.73 Å². The van der Waals surface area contributed by atoms with Gasteiger partial charge in [-0.25, -0.2) is 0 Å². The Hall–Kier alpha value is -0.380. The zero-order valence-corrected chi connectivity index (χ0v) is 10.7. The summed E-state index contributed by atoms with van der Waals surface area (Å²) in [5.41, 5.74) is 5.90. The van der Waals surface area contributed by atoms with Crippen LogP contribution in [0.2, 0.25) is 0 Å². The van der Waals surface area contributed by atoms with Gasteiger partial charge in [0.25, 0.3) is 0 Å². The maximum Gasteiger partial charge on any atom is 0.0305 e. The average Bonchev–Trinajstić information content (AvgIpc) is 2.66. The molecule has 0 amide bonds. The van der Waals surface area contributed by atoms with Gasteiger partial charge in [-0.15, -0.1) is 11.3 Å². The van der Waals surface area contributed by atoms with Crippen LogP contribution in [0, 0.1) is 5.92 Å². The van der Waals surface area contributed by atoms with E-state index < -0.39 is 0 Å². The summed E-state index contributed by atoms with van der Waals surface area (Å²) < 4.78 is 0. The maximum atomic E-state index is 5.84. The van der Waals surface area contributed by atoms with Gasteiger partial charge in [0.2, 0.25) is 0 Å². The number of hydrogen-bond acceptors (Lipinski definition) is 3. The Morgan fingerprint density at radius 3 is 2.73 bits per heavy atom. The third-order valence-electron chi connectivity index (χ3n) is 2.58. The highest BCUT2D eigenvalue weighted by Gasteiger charge is 2.22. The van der Waals surface area contributed by atoms with Gasteiger partial charge in [0.15, 0.2) is 0 Å². The molecule has 2 nitrogen and oxygen atoms in total. The van der Waals surface area contributed by atoms with Crippen molar-refractivity contribution in [2.75, 3.05) is 6.54 Å². The van der Waals surface area contributed by atoms with Gasteiger partial charge >= 0.3 is 0 Å². The Balaban J connectivity index is 2.45. The molecule has 0 spiro atoms. The first kappa shape index (κ1) is 12.7. The molecule has 1 aromatic rings. The van der Waals surface area contributed by atoms with Crippen molar-refractivity contribution >= 4 is 11.3 Å². The lowest BCUT2D eigenvalue weighted by Crippen LogP contribution is -2.49. The summed E-state index contributed by atoms with van der Waals surface area (Å²) in [5.74, 6) is 0.675. The number of thiophene rings is 1. The van der Waals surface area contributed by atoms with Crippen LogP contribution in [-0.4, -0.2) is 12.1 Å². The van der Waals surface area contributed by atoms with Crippen molar-refractivity contribution in [3.05, 3.63) is 22.4 Å². The van der Waals surface area contributed by atoms with E-state index in [2.05, 4.69) is 43.6 Å². The largest absolute Gasteiger partial charge is 0.329 e. The minimum absolute atomic E-state index is 0.0676. The second-order valence-electron chi connectivity index (χ2n) is 4.80. The van der Waals surface area contributed by atoms with Gasteiger partial charge in [-0.1, -0.05) is 19.9 Å². The summed E-state index contributed by atoms with van der Waals surface area (Å²) in [6.07, 6.45) is 1.12. The Morgan fingerprint density at radius 2 is 2.27 bits per heavy atom. The van der Waals surface area contributed by atoms with Crippen LogP contribution in [0.5, 0.6) is 0 Å². The second-order valence-corrected chi connectivity index (χ2v) is 5.83. The van der Waals surface area contributed by atoms with Gasteiger partial charge in [0, 0.05) is 23.5 Å². The normalized spacial score (nSPS) is 15.5. The highest BCUT2D eigenvalue weighted by molar-refractivity contribution is 7.09. The fraction of sp³-hybridized carbons (Fsp3) is 0.667. The van der Waals surface area contributed by atoms with E-state index in [0.29, 0.717) is 12.5 Å². The van der Waals surface area contributed by atoms with Gasteiger partial charge in [-0.3, -0.25) is 0 Å². The van der Waals surface area contributed by atoms with Gasteiger partial charge in [0.1, 0.15) is 0 Å². The molecule has 0 bridgehead atoms. The highest BCUT2D eigenvalue weighted by Crippen LogP contribution is 2.17. The van der Waals surface area contributed by atoms with E-state index in [-0.39, 0.29) is 5.54 Å². The Labute approximate surface area is 96.9 Å². The van der Waals surface area contributed by atoms with E-state index in [9.17, 15) is 0 Å². The first-order chi connectivity index (χ1) is 7.06. The summed E-state index contributed by atoms with van der Waals surface area (Å²) >= 11 is 1.79. The lowest BCUT2D eigenvalue weighted by atomic mass is 9.91. The maximum absolute atomic E-state index is 5.84. The molecule has 3 N–H and O–H groups in total. The monoisotopic (exact) mass is 226 g/mol. The van der Waals surface area contributed by atoms with E-state index in [0.717, 1.165) is 13.0 Å². The predicted molar refractivity (Wildman–Crippen MR) is 68.1 cm³/mol. The number of hydrogen-bond donors (Lipinski definition) is 2. The van der Waals surface area contributed by atoms with E-state index in [1.165, 1.54) is 4.88 Å². The summed E-state index contributed by atoms with van der Waals surface area (Å²) in [6, 6.07) is 4.24. The first-order valence-corrected chi connectivity index (χ1v) is 6.41. The zero-order valence-electron chi connectivity index (χ0n) is 9.92. The molecular formula is C12H22N2S. The van der Waals surface area contributed by atoms with Crippen LogP contribution in [-0.2, 0) is 6.54 Å². The molecular weight excluding hydrogens is 204 g/mol. The molecule has 0 aliphatic rings. The van der Waals surface area contributed by atoms with Crippen LogP contribution >= 0.6 is 11.3 Å². The highest BCUT2D eigenvalue weighted by atomic mass is 32.1. The quantitative estimate of drug-likeness (QED) is 0.782. The Kier molecular flexibility index (Phi) is 4.77. The molecule has 0 aliphatic heterocycles. The van der Waals surface area contributed by atoms with Crippen molar-refractivity contribution in [2.24, 2.45) is 11.7 Å². The van der Waals surface area contributed by atoms with Crippen molar-refractivity contribution in [3.8, 4) is 0 Å². The molecule has 1 heterocycles. The third-order valence-corrected chi connectivity index (χ3v) is 3.46. The lowest BCUT2D eigenvalue weighted by molar-refractivity contribution is 0.298. The standard InChI is InChI=1S/C12H22N2S/c1-10(2)7-12(3,9-13)14-8-11-5-4-6-15-11/h4-6,10,14H,7-9,13H2,1-3H3. The number of nitrogens with two attached hydrogens (primary N) is 1. The topological polar surface area (TPSA) is 38.0 Å². The molecule has 0 saturated carbocycles. The second kappa shape index (κ2) is 5.64. The van der Waals surface area contributed by atoms with Crippen molar-refractivity contribution in [1.29, 1.82) is 0 Å². The smallest absolute Gasteiger partial charge is 0.0305 e. The van der Waals surface area contributed by atoms with Crippen LogP contribution in [0.1, 0.15) is 32.1 Å².